The molecule has 29 nitrogen and oxygen atoms in total. The number of amides is 6. The van der Waals surface area contributed by atoms with Gasteiger partial charge in [-0.05, 0) is 45.9 Å². The predicted octanol–water partition coefficient (Wildman–Crippen LogP) is -8.79. The minimum absolute atomic E-state index is 0.0557. The van der Waals surface area contributed by atoms with Crippen LogP contribution >= 0.6 is 0 Å². The molecule has 0 aromatic heterocycles. The zero-order valence-corrected chi connectivity index (χ0v) is 41.7. The van der Waals surface area contributed by atoms with Crippen LogP contribution in [0, 0.1) is 0 Å². The number of carbonyl (C=O) groups is 6. The highest BCUT2D eigenvalue weighted by Crippen LogP contribution is 2.23. The lowest BCUT2D eigenvalue weighted by molar-refractivity contribution is -0.280. The Balaban J connectivity index is 0.000000504. The first kappa shape index (κ1) is 67.6. The summed E-state index contributed by atoms with van der Waals surface area (Å²) >= 11 is 0. The minimum atomic E-state index is -1.60. The molecule has 6 amide bonds. The molecule has 0 aromatic carbocycles. The lowest BCUT2D eigenvalue weighted by Gasteiger charge is -2.41. The highest BCUT2D eigenvalue weighted by Gasteiger charge is 2.47. The summed E-state index contributed by atoms with van der Waals surface area (Å²) in [5.74, 6) is -2.92. The third-order valence-corrected chi connectivity index (χ3v) is 11.3. The van der Waals surface area contributed by atoms with Gasteiger partial charge in [0.15, 0.2) is 18.9 Å². The van der Waals surface area contributed by atoms with Crippen molar-refractivity contribution in [3.05, 3.63) is 74.4 Å². The Labute approximate surface area is 431 Å². The first-order chi connectivity index (χ1) is 34.9. The fourth-order valence-corrected chi connectivity index (χ4v) is 6.68. The van der Waals surface area contributed by atoms with E-state index in [-0.39, 0.29) is 48.8 Å². The number of carbonyl (C=O) groups excluding carboxylic acids is 6. The Kier molecular flexibility index (Phi) is 29.0. The molecule has 0 saturated carbocycles. The number of aliphatic hydroxyl groups is 13. The normalized spacial score (nSPS) is 34.8. The van der Waals surface area contributed by atoms with E-state index in [9.17, 15) is 95.2 Å². The molecule has 20 unspecified atom stereocenters. The molecule has 0 radical (unpaired) electrons. The van der Waals surface area contributed by atoms with Crippen LogP contribution in [0.5, 0.6) is 0 Å². The third-order valence-electron chi connectivity index (χ3n) is 11.3. The Morgan fingerprint density at radius 3 is 1.05 bits per heavy atom. The molecule has 4 heterocycles. The first-order valence-corrected chi connectivity index (χ1v) is 22.9. The van der Waals surface area contributed by atoms with Gasteiger partial charge in [0.25, 0.3) is 0 Å². The second-order valence-electron chi connectivity index (χ2n) is 17.4. The quantitative estimate of drug-likeness (QED) is 0.0638. The molecule has 0 aliphatic carbocycles. The van der Waals surface area contributed by atoms with Gasteiger partial charge in [0, 0.05) is 42.9 Å². The van der Waals surface area contributed by atoms with Crippen LogP contribution < -0.4 is 31.9 Å². The second kappa shape index (κ2) is 32.2. The minimum Gasteiger partial charge on any atom is -0.388 e. The summed E-state index contributed by atoms with van der Waals surface area (Å²) < 4.78 is 20.3. The molecule has 19 N–H and O–H groups in total. The number of aliphatic hydroxyl groups excluding tert-OH is 13. The molecular formula is C46H74N6O23. The van der Waals surface area contributed by atoms with E-state index in [1.807, 2.05) is 0 Å². The van der Waals surface area contributed by atoms with Crippen molar-refractivity contribution >= 4 is 35.4 Å². The molecule has 4 saturated heterocycles. The summed E-state index contributed by atoms with van der Waals surface area (Å²) in [5, 5.41) is 140. The molecule has 0 aromatic rings. The standard InChI is InChI=1S/C14H22N2O6.C12H18N2O6.C10H17NO6.C10H17NO5/c1-6(2)12(19)15-5-8-10(17)11(18)9(14(21)22-8)16-13(20)7(3)4;1-3-7(15)13-5-6-10(17)11(18)9(12(19)20-6)14-8(16)4-2;1-4(2)9(15)11-3-5-6(12)7(13)8(14)10(16)17-5;1-3-7(12)11-4-6-9(14)10(15)8(13)5(2)16-6/h8-11,14,17-18,21H,1,3,5H2,2,4H3,(H,15,19)(H,16,20);3-4,6,9-12,17-19H,1-2,5H2,(H,13,15)(H,14,16);5-8,10,12-14,16H,1,3H2,2H3,(H,11,15);3,5-6,8-10,13-15H,1,4H2,2H3,(H,11,12). The monoisotopic (exact) mass is 1080 g/mol. The summed E-state index contributed by atoms with van der Waals surface area (Å²) in [4.78, 5) is 67.2. The van der Waals surface area contributed by atoms with Crippen molar-refractivity contribution in [3.8, 4) is 0 Å². The van der Waals surface area contributed by atoms with Gasteiger partial charge in [0.1, 0.15) is 97.5 Å². The van der Waals surface area contributed by atoms with E-state index < -0.39 is 152 Å². The zero-order valence-electron chi connectivity index (χ0n) is 41.7. The molecule has 75 heavy (non-hydrogen) atoms. The third kappa shape index (κ3) is 20.9. The lowest BCUT2D eigenvalue weighted by Crippen LogP contribution is -2.65. The summed E-state index contributed by atoms with van der Waals surface area (Å²) in [5.41, 5.74) is 0.749. The van der Waals surface area contributed by atoms with Crippen LogP contribution in [0.1, 0.15) is 27.7 Å². The van der Waals surface area contributed by atoms with Crippen molar-refractivity contribution in [3.63, 3.8) is 0 Å². The molecule has 4 aliphatic rings. The summed E-state index contributed by atoms with van der Waals surface area (Å²) in [6.45, 7) is 25.9. The van der Waals surface area contributed by atoms with Gasteiger partial charge in [-0.1, -0.05) is 39.5 Å². The van der Waals surface area contributed by atoms with Crippen LogP contribution in [0.2, 0.25) is 0 Å². The lowest BCUT2D eigenvalue weighted by atomic mass is 9.95. The molecule has 4 aliphatic heterocycles. The van der Waals surface area contributed by atoms with E-state index in [0.717, 1.165) is 18.2 Å². The molecule has 20 atom stereocenters. The number of hydrogen-bond donors (Lipinski definition) is 19. The van der Waals surface area contributed by atoms with Crippen LogP contribution in [-0.2, 0) is 47.7 Å². The van der Waals surface area contributed by atoms with Gasteiger partial charge in [-0.3, -0.25) is 28.8 Å². The molecule has 0 spiro atoms. The van der Waals surface area contributed by atoms with E-state index in [1.165, 1.54) is 20.8 Å². The average Bonchev–Trinajstić information content (AvgIpc) is 3.37. The van der Waals surface area contributed by atoms with E-state index in [4.69, 9.17) is 18.9 Å². The number of rotatable bonds is 16. The maximum Gasteiger partial charge on any atom is 0.246 e. The van der Waals surface area contributed by atoms with E-state index >= 15 is 0 Å². The summed E-state index contributed by atoms with van der Waals surface area (Å²) in [6.07, 6.45) is -19.7. The number of ether oxygens (including phenoxy) is 4. The van der Waals surface area contributed by atoms with Crippen molar-refractivity contribution < 1.29 is 114 Å². The van der Waals surface area contributed by atoms with Crippen molar-refractivity contribution in [2.24, 2.45) is 0 Å². The van der Waals surface area contributed by atoms with Gasteiger partial charge in [-0.25, -0.2) is 0 Å². The smallest absolute Gasteiger partial charge is 0.246 e. The molecule has 426 valence electrons. The van der Waals surface area contributed by atoms with Crippen LogP contribution in [0.3, 0.4) is 0 Å². The molecular weight excluding hydrogens is 1000 g/mol. The van der Waals surface area contributed by atoms with Crippen molar-refractivity contribution in [1.29, 1.82) is 0 Å². The molecule has 4 rings (SSSR count). The Bertz CT molecular complexity index is 1990. The summed E-state index contributed by atoms with van der Waals surface area (Å²) in [6, 6.07) is -2.39. The largest absolute Gasteiger partial charge is 0.388 e. The topological polar surface area (TPSA) is 475 Å². The Morgan fingerprint density at radius 2 is 0.693 bits per heavy atom. The van der Waals surface area contributed by atoms with Gasteiger partial charge in [0.2, 0.25) is 35.4 Å². The van der Waals surface area contributed by atoms with E-state index in [0.29, 0.717) is 0 Å². The first-order valence-electron chi connectivity index (χ1n) is 22.9. The number of hydrogen-bond acceptors (Lipinski definition) is 23. The van der Waals surface area contributed by atoms with E-state index in [1.54, 1.807) is 6.92 Å². The van der Waals surface area contributed by atoms with Crippen molar-refractivity contribution in [2.45, 2.75) is 150 Å². The SMILES string of the molecule is C=C(C)C(=O)NCC1OC(O)C(NC(=O)C(=C)C)C(O)C1O.C=C(C)C(=O)NCC1OC(O)C(O)C(O)C1O.C=CC(=O)NCC1OC(C)C(O)C(O)C1O.C=CC(=O)NCC1OC(O)C(NC(=O)C=C)C(O)C1O. The number of nitrogens with one attached hydrogen (secondary N) is 6. The molecule has 29 heteroatoms. The fraction of sp³-hybridized carbons (Fsp3) is 0.609. The van der Waals surface area contributed by atoms with Crippen LogP contribution in [-0.4, -0.2) is 251 Å². The predicted molar refractivity (Wildman–Crippen MR) is 258 cm³/mol. The van der Waals surface area contributed by atoms with Crippen LogP contribution in [0.25, 0.3) is 0 Å². The van der Waals surface area contributed by atoms with Gasteiger partial charge >= 0.3 is 0 Å². The van der Waals surface area contributed by atoms with Gasteiger partial charge in [-0.15, -0.1) is 0 Å². The van der Waals surface area contributed by atoms with Crippen molar-refractivity contribution in [1.82, 2.24) is 31.9 Å². The Hall–Kier alpha value is -5.42. The second-order valence-corrected chi connectivity index (χ2v) is 17.4. The highest BCUT2D eigenvalue weighted by molar-refractivity contribution is 5.93. The Morgan fingerprint density at radius 1 is 0.387 bits per heavy atom. The van der Waals surface area contributed by atoms with Gasteiger partial charge in [0.05, 0.1) is 6.10 Å². The maximum atomic E-state index is 11.5. The van der Waals surface area contributed by atoms with Crippen LogP contribution in [0.4, 0.5) is 0 Å². The highest BCUT2D eigenvalue weighted by atomic mass is 16.6. The summed E-state index contributed by atoms with van der Waals surface area (Å²) in [7, 11) is 0. The molecule has 4 fully saturated rings. The van der Waals surface area contributed by atoms with Gasteiger partial charge in [-0.2, -0.15) is 0 Å². The van der Waals surface area contributed by atoms with Crippen molar-refractivity contribution in [2.75, 3.05) is 26.2 Å². The average molecular weight is 1080 g/mol. The van der Waals surface area contributed by atoms with E-state index in [2.05, 4.69) is 71.4 Å². The van der Waals surface area contributed by atoms with Crippen LogP contribution in [0.15, 0.2) is 74.4 Å². The fourth-order valence-electron chi connectivity index (χ4n) is 6.68. The maximum absolute atomic E-state index is 11.5. The zero-order chi connectivity index (χ0) is 57.8. The van der Waals surface area contributed by atoms with Gasteiger partial charge < -0.3 is 117 Å². The molecule has 0 bridgehead atoms.